The summed E-state index contributed by atoms with van der Waals surface area (Å²) in [6.07, 6.45) is 1.45. The molecular formula is C11H7ClN6OS2. The first-order chi connectivity index (χ1) is 10.2. The lowest BCUT2D eigenvalue weighted by Crippen LogP contribution is -2.11. The van der Waals surface area contributed by atoms with Crippen LogP contribution in [0.25, 0.3) is 0 Å². The molecule has 0 saturated heterocycles. The van der Waals surface area contributed by atoms with E-state index < -0.39 is 0 Å². The van der Waals surface area contributed by atoms with Gasteiger partial charge in [0.25, 0.3) is 5.91 Å². The maximum Gasteiger partial charge on any atom is 0.286 e. The number of nitrogens with one attached hydrogen (secondary N) is 2. The summed E-state index contributed by atoms with van der Waals surface area (Å²) in [5.74, 6) is -0.338. The van der Waals surface area contributed by atoms with E-state index in [2.05, 4.69) is 30.7 Å². The number of aromatic amines is 1. The Kier molecular flexibility index (Phi) is 4.13. The highest BCUT2D eigenvalue weighted by Crippen LogP contribution is 2.25. The minimum atomic E-state index is -0.338. The molecule has 7 nitrogen and oxygen atoms in total. The van der Waals surface area contributed by atoms with Gasteiger partial charge in [0.15, 0.2) is 5.16 Å². The van der Waals surface area contributed by atoms with Crippen molar-refractivity contribution in [2.75, 3.05) is 5.32 Å². The number of halogens is 1. The van der Waals surface area contributed by atoms with E-state index in [1.165, 1.54) is 18.1 Å². The molecule has 10 heteroatoms. The summed E-state index contributed by atoms with van der Waals surface area (Å²) in [7, 11) is 0. The SMILES string of the molecule is O=C(Nc1ccc(Sc2ncn[nH]2)cc1)c1nnc(Cl)s1. The number of benzene rings is 1. The minimum absolute atomic E-state index is 0.222. The summed E-state index contributed by atoms with van der Waals surface area (Å²) < 4.78 is 0.235. The molecule has 0 unspecified atom stereocenters. The molecule has 1 amide bonds. The van der Waals surface area contributed by atoms with Gasteiger partial charge in [-0.05, 0) is 35.9 Å². The van der Waals surface area contributed by atoms with Crippen molar-refractivity contribution < 1.29 is 4.79 Å². The van der Waals surface area contributed by atoms with E-state index in [4.69, 9.17) is 11.6 Å². The Bertz CT molecular complexity index is 742. The summed E-state index contributed by atoms with van der Waals surface area (Å²) in [6.45, 7) is 0. The van der Waals surface area contributed by atoms with Crippen LogP contribution in [0.5, 0.6) is 0 Å². The molecule has 0 aliphatic rings. The number of amides is 1. The third kappa shape index (κ3) is 3.57. The standard InChI is InChI=1S/C11H7ClN6OS2/c12-10-17-16-9(21-10)8(19)15-6-1-3-7(4-2-6)20-11-13-5-14-18-11/h1-5H,(H,15,19)(H,13,14,18). The zero-order chi connectivity index (χ0) is 14.7. The van der Waals surface area contributed by atoms with Crippen molar-refractivity contribution in [3.05, 3.63) is 40.1 Å². The Hall–Kier alpha value is -1.97. The lowest BCUT2D eigenvalue weighted by molar-refractivity contribution is 0.102. The van der Waals surface area contributed by atoms with E-state index in [-0.39, 0.29) is 15.4 Å². The molecule has 3 aromatic rings. The number of H-pyrrole nitrogens is 1. The van der Waals surface area contributed by atoms with Gasteiger partial charge in [-0.3, -0.25) is 9.89 Å². The van der Waals surface area contributed by atoms with Gasteiger partial charge in [-0.2, -0.15) is 5.10 Å². The first-order valence-corrected chi connectivity index (χ1v) is 7.65. The first kappa shape index (κ1) is 14.0. The van der Waals surface area contributed by atoms with Crippen molar-refractivity contribution >= 4 is 46.3 Å². The van der Waals surface area contributed by atoms with Crippen LogP contribution >= 0.6 is 34.7 Å². The summed E-state index contributed by atoms with van der Waals surface area (Å²) in [5, 5.41) is 17.5. The van der Waals surface area contributed by atoms with Gasteiger partial charge < -0.3 is 5.32 Å². The normalized spacial score (nSPS) is 10.5. The van der Waals surface area contributed by atoms with Crippen LogP contribution in [0.15, 0.2) is 40.6 Å². The van der Waals surface area contributed by atoms with E-state index in [0.717, 1.165) is 16.2 Å². The molecule has 2 heterocycles. The molecule has 0 spiro atoms. The van der Waals surface area contributed by atoms with Gasteiger partial charge in [0.2, 0.25) is 9.47 Å². The van der Waals surface area contributed by atoms with E-state index in [9.17, 15) is 4.79 Å². The number of hydrogen-bond donors (Lipinski definition) is 2. The summed E-state index contributed by atoms with van der Waals surface area (Å²) in [6, 6.07) is 7.32. The maximum absolute atomic E-state index is 11.9. The van der Waals surface area contributed by atoms with Crippen molar-refractivity contribution in [3.63, 3.8) is 0 Å². The fraction of sp³-hybridized carbons (Fsp3) is 0. The van der Waals surface area contributed by atoms with E-state index >= 15 is 0 Å². The molecule has 106 valence electrons. The van der Waals surface area contributed by atoms with Crippen molar-refractivity contribution in [1.82, 2.24) is 25.4 Å². The number of carbonyl (C=O) groups is 1. The second-order valence-electron chi connectivity index (χ2n) is 3.73. The van der Waals surface area contributed by atoms with Gasteiger partial charge >= 0.3 is 0 Å². The highest BCUT2D eigenvalue weighted by Gasteiger charge is 2.12. The Labute approximate surface area is 132 Å². The predicted molar refractivity (Wildman–Crippen MR) is 79.8 cm³/mol. The predicted octanol–water partition coefficient (Wildman–Crippen LogP) is 2.71. The van der Waals surface area contributed by atoms with Crippen molar-refractivity contribution in [2.24, 2.45) is 0 Å². The molecule has 0 saturated carbocycles. The molecular weight excluding hydrogens is 332 g/mol. The quantitative estimate of drug-likeness (QED) is 0.759. The summed E-state index contributed by atoms with van der Waals surface area (Å²) >= 11 is 8.11. The van der Waals surface area contributed by atoms with Crippen LogP contribution < -0.4 is 5.32 Å². The fourth-order valence-electron chi connectivity index (χ4n) is 1.44. The van der Waals surface area contributed by atoms with Crippen LogP contribution in [0.3, 0.4) is 0 Å². The molecule has 3 rings (SSSR count). The van der Waals surface area contributed by atoms with Crippen molar-refractivity contribution in [2.45, 2.75) is 10.1 Å². The van der Waals surface area contributed by atoms with Gasteiger partial charge in [0, 0.05) is 10.6 Å². The Morgan fingerprint density at radius 2 is 2.10 bits per heavy atom. The zero-order valence-corrected chi connectivity index (χ0v) is 12.7. The average Bonchev–Trinajstić information content (AvgIpc) is 3.12. The lowest BCUT2D eigenvalue weighted by atomic mass is 10.3. The molecule has 2 aromatic heterocycles. The van der Waals surface area contributed by atoms with E-state index in [0.29, 0.717) is 10.8 Å². The van der Waals surface area contributed by atoms with Gasteiger partial charge in [-0.1, -0.05) is 23.1 Å². The summed E-state index contributed by atoms with van der Waals surface area (Å²) in [5.41, 5.74) is 0.660. The number of rotatable bonds is 4. The molecule has 0 radical (unpaired) electrons. The van der Waals surface area contributed by atoms with Crippen molar-refractivity contribution in [3.8, 4) is 0 Å². The largest absolute Gasteiger partial charge is 0.320 e. The van der Waals surface area contributed by atoms with Gasteiger partial charge in [-0.25, -0.2) is 4.98 Å². The Morgan fingerprint density at radius 3 is 2.71 bits per heavy atom. The second-order valence-corrected chi connectivity index (χ2v) is 6.35. The monoisotopic (exact) mass is 338 g/mol. The molecule has 0 aliphatic heterocycles. The molecule has 2 N–H and O–H groups in total. The van der Waals surface area contributed by atoms with Crippen LogP contribution in [-0.4, -0.2) is 31.3 Å². The number of aromatic nitrogens is 5. The topological polar surface area (TPSA) is 96.5 Å². The average molecular weight is 339 g/mol. The van der Waals surface area contributed by atoms with Crippen LogP contribution in [-0.2, 0) is 0 Å². The van der Waals surface area contributed by atoms with E-state index in [1.807, 2.05) is 12.1 Å². The van der Waals surface area contributed by atoms with Gasteiger partial charge in [-0.15, -0.1) is 10.2 Å². The highest BCUT2D eigenvalue weighted by atomic mass is 35.5. The molecule has 0 aliphatic carbocycles. The van der Waals surface area contributed by atoms with Crippen LogP contribution in [0.1, 0.15) is 9.80 Å². The second kappa shape index (κ2) is 6.20. The van der Waals surface area contributed by atoms with Crippen LogP contribution in [0, 0.1) is 0 Å². The smallest absolute Gasteiger partial charge is 0.286 e. The number of anilines is 1. The highest BCUT2D eigenvalue weighted by molar-refractivity contribution is 7.99. The zero-order valence-electron chi connectivity index (χ0n) is 10.3. The molecule has 0 bridgehead atoms. The Balaban J connectivity index is 1.65. The Morgan fingerprint density at radius 1 is 1.29 bits per heavy atom. The number of nitrogens with zero attached hydrogens (tertiary/aromatic N) is 4. The maximum atomic E-state index is 11.9. The number of carbonyl (C=O) groups excluding carboxylic acids is 1. The fourth-order valence-corrected chi connectivity index (χ4v) is 2.86. The van der Waals surface area contributed by atoms with Gasteiger partial charge in [0.05, 0.1) is 0 Å². The minimum Gasteiger partial charge on any atom is -0.320 e. The van der Waals surface area contributed by atoms with E-state index in [1.54, 1.807) is 12.1 Å². The summed E-state index contributed by atoms with van der Waals surface area (Å²) in [4.78, 5) is 16.9. The molecule has 21 heavy (non-hydrogen) atoms. The van der Waals surface area contributed by atoms with Crippen LogP contribution in [0.2, 0.25) is 4.47 Å². The first-order valence-electron chi connectivity index (χ1n) is 5.64. The van der Waals surface area contributed by atoms with Gasteiger partial charge in [0.1, 0.15) is 6.33 Å². The molecule has 0 fully saturated rings. The molecule has 1 aromatic carbocycles. The lowest BCUT2D eigenvalue weighted by Gasteiger charge is -2.03. The number of hydrogen-bond acceptors (Lipinski definition) is 7. The third-order valence-corrected chi connectivity index (χ3v) is 4.23. The third-order valence-electron chi connectivity index (χ3n) is 2.31. The molecule has 0 atom stereocenters. The van der Waals surface area contributed by atoms with Crippen molar-refractivity contribution in [1.29, 1.82) is 0 Å². The van der Waals surface area contributed by atoms with Crippen LogP contribution in [0.4, 0.5) is 5.69 Å².